The number of carboxylic acid groups (broad SMARTS) is 1. The number of rotatable bonds is 3. The largest absolute Gasteiger partial charge is 0.478 e. The summed E-state index contributed by atoms with van der Waals surface area (Å²) in [6.07, 6.45) is -0.822. The van der Waals surface area contributed by atoms with E-state index in [4.69, 9.17) is 9.15 Å². The molecule has 1 unspecified atom stereocenters. The maximum atomic E-state index is 13.6. The minimum Gasteiger partial charge on any atom is -0.478 e. The zero-order valence-electron chi connectivity index (χ0n) is 21.1. The van der Waals surface area contributed by atoms with Gasteiger partial charge < -0.3 is 18.8 Å². The Morgan fingerprint density at radius 1 is 0.974 bits per heavy atom. The Morgan fingerprint density at radius 2 is 1.68 bits per heavy atom. The van der Waals surface area contributed by atoms with Crippen molar-refractivity contribution in [3.05, 3.63) is 103 Å². The number of ether oxygens (including phenoxy) is 1. The molecule has 0 bridgehead atoms. The van der Waals surface area contributed by atoms with Crippen LogP contribution in [0.15, 0.2) is 79.3 Å². The third-order valence-electron chi connectivity index (χ3n) is 6.45. The third kappa shape index (κ3) is 3.71. The van der Waals surface area contributed by atoms with Crippen LogP contribution in [0.3, 0.4) is 0 Å². The number of hydrogen-bond acceptors (Lipinski definition) is 5. The molecule has 0 saturated heterocycles. The van der Waals surface area contributed by atoms with E-state index in [-0.39, 0.29) is 5.56 Å². The lowest BCUT2D eigenvalue weighted by atomic mass is 10.1. The van der Waals surface area contributed by atoms with Crippen LogP contribution < -0.4 is 16.0 Å². The molecular weight excluding hydrogens is 554 g/mol. The second-order valence-corrected chi connectivity index (χ2v) is 9.27. The van der Waals surface area contributed by atoms with Crippen molar-refractivity contribution in [3.8, 4) is 22.7 Å². The van der Waals surface area contributed by atoms with Crippen molar-refractivity contribution in [3.63, 3.8) is 0 Å². The van der Waals surface area contributed by atoms with E-state index in [9.17, 15) is 19.5 Å². The summed E-state index contributed by atoms with van der Waals surface area (Å²) in [6.45, 7) is 4.00. The van der Waals surface area contributed by atoms with Gasteiger partial charge in [-0.2, -0.15) is 0 Å². The number of nitrogens with zero attached hydrogens (tertiary/aromatic N) is 3. The molecule has 38 heavy (non-hydrogen) atoms. The highest BCUT2D eigenvalue weighted by Crippen LogP contribution is 2.47. The van der Waals surface area contributed by atoms with Gasteiger partial charge in [0.2, 0.25) is 0 Å². The van der Waals surface area contributed by atoms with Crippen LogP contribution >= 0.6 is 15.9 Å². The zero-order valence-corrected chi connectivity index (χ0v) is 22.6. The lowest BCUT2D eigenvalue weighted by molar-refractivity contribution is 0.0696. The van der Waals surface area contributed by atoms with E-state index in [0.29, 0.717) is 44.2 Å². The van der Waals surface area contributed by atoms with E-state index < -0.39 is 23.3 Å². The van der Waals surface area contributed by atoms with Gasteiger partial charge in [-0.25, -0.2) is 9.59 Å². The number of aryl methyl sites for hydroxylation is 1. The van der Waals surface area contributed by atoms with Crippen LogP contribution in [-0.2, 0) is 14.1 Å². The fraction of sp³-hybridized carbons (Fsp3) is 0.179. The van der Waals surface area contributed by atoms with E-state index in [1.54, 1.807) is 25.2 Å². The highest BCUT2D eigenvalue weighted by molar-refractivity contribution is 9.10. The number of hydrogen-bond donors (Lipinski definition) is 1. The Kier molecular flexibility index (Phi) is 6.36. The third-order valence-corrected chi connectivity index (χ3v) is 6.87. The quantitative estimate of drug-likeness (QED) is 0.313. The first-order chi connectivity index (χ1) is 18.3. The molecule has 10 heteroatoms. The zero-order chi connectivity index (χ0) is 27.3. The summed E-state index contributed by atoms with van der Waals surface area (Å²) in [6, 6.07) is 17.3. The van der Waals surface area contributed by atoms with E-state index in [2.05, 4.69) is 15.9 Å². The molecule has 4 heterocycles. The molecule has 0 saturated carbocycles. The molecule has 1 aliphatic heterocycles. The van der Waals surface area contributed by atoms with Crippen molar-refractivity contribution in [1.29, 1.82) is 0 Å². The van der Waals surface area contributed by atoms with Gasteiger partial charge in [-0.15, -0.1) is 0 Å². The standard InChI is InChI=1S/C26H18BrN3O6.C2H6/c1-28-21-19(24(31)29(2)26(28)34)20(13-6-4-3-5-7-13)30-15-12-14(25(32)33)8-9-16(15)36-23(22(21)30)17-10-11-18(27)35-17;1-2/h3-12,23H,1-2H3,(H,32,33);1-2H3. The highest BCUT2D eigenvalue weighted by Gasteiger charge is 2.38. The first kappa shape index (κ1) is 25.3. The molecule has 0 fully saturated rings. The van der Waals surface area contributed by atoms with Crippen LogP contribution in [0.25, 0.3) is 27.8 Å². The number of carbonyl (C=O) groups is 1. The smallest absolute Gasteiger partial charge is 0.335 e. The monoisotopic (exact) mass is 577 g/mol. The van der Waals surface area contributed by atoms with Gasteiger partial charge in [-0.1, -0.05) is 44.2 Å². The molecule has 1 N–H and O–H groups in total. The Morgan fingerprint density at radius 3 is 2.32 bits per heavy atom. The first-order valence-corrected chi connectivity index (χ1v) is 12.8. The molecule has 5 aromatic rings. The number of aromatic carboxylic acids is 1. The average Bonchev–Trinajstić information content (AvgIpc) is 3.53. The summed E-state index contributed by atoms with van der Waals surface area (Å²) in [5.74, 6) is -0.245. The topological polar surface area (TPSA) is 109 Å². The second kappa shape index (κ2) is 9.53. The molecule has 0 spiro atoms. The Labute approximate surface area is 225 Å². The van der Waals surface area contributed by atoms with Gasteiger partial charge in [-0.05, 0) is 51.8 Å². The van der Waals surface area contributed by atoms with Gasteiger partial charge in [0.25, 0.3) is 5.56 Å². The van der Waals surface area contributed by atoms with Crippen molar-refractivity contribution in [2.24, 2.45) is 14.1 Å². The molecule has 194 valence electrons. The lowest BCUT2D eigenvalue weighted by Crippen LogP contribution is -2.37. The predicted octanol–water partition coefficient (Wildman–Crippen LogP) is 5.26. The predicted molar refractivity (Wildman–Crippen MR) is 146 cm³/mol. The summed E-state index contributed by atoms with van der Waals surface area (Å²) < 4.78 is 17.0. The van der Waals surface area contributed by atoms with E-state index >= 15 is 0 Å². The van der Waals surface area contributed by atoms with Gasteiger partial charge in [0, 0.05) is 14.1 Å². The Balaban J connectivity index is 0.00000144. The Bertz CT molecular complexity index is 1830. The number of halogens is 1. The van der Waals surface area contributed by atoms with Crippen molar-refractivity contribution in [2.75, 3.05) is 0 Å². The molecule has 0 amide bonds. The van der Waals surface area contributed by atoms with Crippen LogP contribution in [0.5, 0.6) is 5.75 Å². The lowest BCUT2D eigenvalue weighted by Gasteiger charge is -2.29. The van der Waals surface area contributed by atoms with Crippen LogP contribution in [0, 0.1) is 0 Å². The number of furan rings is 1. The fourth-order valence-corrected chi connectivity index (χ4v) is 5.15. The van der Waals surface area contributed by atoms with Crippen LogP contribution in [0.1, 0.15) is 41.8 Å². The van der Waals surface area contributed by atoms with E-state index in [0.717, 1.165) is 10.1 Å². The van der Waals surface area contributed by atoms with Gasteiger partial charge in [0.15, 0.2) is 16.5 Å². The van der Waals surface area contributed by atoms with Crippen molar-refractivity contribution >= 4 is 32.8 Å². The second-order valence-electron chi connectivity index (χ2n) is 8.49. The normalized spacial score (nSPS) is 13.8. The van der Waals surface area contributed by atoms with Crippen molar-refractivity contribution < 1.29 is 19.1 Å². The fourth-order valence-electron chi connectivity index (χ4n) is 4.83. The number of aromatic nitrogens is 3. The van der Waals surface area contributed by atoms with Crippen LogP contribution in [0.4, 0.5) is 0 Å². The van der Waals surface area contributed by atoms with Gasteiger partial charge in [-0.3, -0.25) is 13.9 Å². The van der Waals surface area contributed by atoms with Crippen molar-refractivity contribution in [1.82, 2.24) is 13.7 Å². The molecule has 1 atom stereocenters. The highest BCUT2D eigenvalue weighted by atomic mass is 79.9. The summed E-state index contributed by atoms with van der Waals surface area (Å²) in [4.78, 5) is 38.5. The molecule has 2 aromatic carbocycles. The molecule has 0 aliphatic carbocycles. The number of fused-ring (bicyclic) bond motifs is 5. The summed E-state index contributed by atoms with van der Waals surface area (Å²) >= 11 is 3.33. The van der Waals surface area contributed by atoms with E-state index in [1.807, 2.05) is 48.7 Å². The first-order valence-electron chi connectivity index (χ1n) is 12.0. The van der Waals surface area contributed by atoms with E-state index in [1.165, 1.54) is 23.7 Å². The molecule has 9 nitrogen and oxygen atoms in total. The van der Waals surface area contributed by atoms with Crippen LogP contribution in [-0.4, -0.2) is 24.8 Å². The molecule has 0 radical (unpaired) electrons. The summed E-state index contributed by atoms with van der Waals surface area (Å²) in [5.41, 5.74) is 1.65. The minimum atomic E-state index is -1.10. The Hall–Kier alpha value is -4.31. The maximum Gasteiger partial charge on any atom is 0.335 e. The maximum absolute atomic E-state index is 13.6. The van der Waals surface area contributed by atoms with Gasteiger partial charge >= 0.3 is 11.7 Å². The minimum absolute atomic E-state index is 0.0565. The molecule has 3 aromatic heterocycles. The summed E-state index contributed by atoms with van der Waals surface area (Å²) in [7, 11) is 3.03. The van der Waals surface area contributed by atoms with Gasteiger partial charge in [0.05, 0.1) is 33.5 Å². The number of benzene rings is 2. The summed E-state index contributed by atoms with van der Waals surface area (Å²) in [5, 5.41) is 10.00. The molecule has 1 aliphatic rings. The molecular formula is C28H24BrN3O6. The van der Waals surface area contributed by atoms with Crippen molar-refractivity contribution in [2.45, 2.75) is 20.0 Å². The average molecular weight is 578 g/mol. The SMILES string of the molecule is CC.Cn1c(=O)c2c(-c3ccccc3)n3c(c2n(C)c1=O)C(c1ccc(Br)o1)Oc1ccc(C(=O)O)cc1-3. The van der Waals surface area contributed by atoms with Gasteiger partial charge in [0.1, 0.15) is 5.75 Å². The van der Waals surface area contributed by atoms with Crippen LogP contribution in [0.2, 0.25) is 0 Å². The number of carboxylic acids is 1. The molecule has 6 rings (SSSR count).